The summed E-state index contributed by atoms with van der Waals surface area (Å²) in [5.41, 5.74) is 1.80. The van der Waals surface area contributed by atoms with Gasteiger partial charge in [0, 0.05) is 56.7 Å². The minimum atomic E-state index is -0.340. The lowest BCUT2D eigenvalue weighted by atomic mass is 9.75. The number of hydrogen-bond acceptors (Lipinski definition) is 4. The SMILES string of the molecule is CC(C)n1cnc([C@@H]2CN(C)C[C@@]23CCN(Cc2cccnc2)C3=O)c1. The van der Waals surface area contributed by atoms with Crippen molar-refractivity contribution in [3.63, 3.8) is 0 Å². The third kappa shape index (κ3) is 2.82. The maximum Gasteiger partial charge on any atom is 0.231 e. The average molecular weight is 353 g/mol. The number of rotatable bonds is 4. The molecule has 0 unspecified atom stereocenters. The van der Waals surface area contributed by atoms with Crippen LogP contribution in [-0.4, -0.2) is 56.9 Å². The molecule has 0 radical (unpaired) electrons. The highest BCUT2D eigenvalue weighted by molar-refractivity contribution is 5.86. The molecule has 0 N–H and O–H groups in total. The molecule has 26 heavy (non-hydrogen) atoms. The summed E-state index contributed by atoms with van der Waals surface area (Å²) in [5, 5.41) is 0. The van der Waals surface area contributed by atoms with Gasteiger partial charge in [-0.3, -0.25) is 9.78 Å². The van der Waals surface area contributed by atoms with Crippen molar-refractivity contribution in [3.05, 3.63) is 48.3 Å². The van der Waals surface area contributed by atoms with Gasteiger partial charge in [-0.2, -0.15) is 0 Å². The van der Waals surface area contributed by atoms with Crippen LogP contribution in [0.5, 0.6) is 0 Å². The standard InChI is InChI=1S/C20H27N5O/c1-15(2)25-12-18(22-14-25)17-11-23(3)13-20(17)6-8-24(19(20)26)10-16-5-4-7-21-9-16/h4-5,7,9,12,14-15,17H,6,8,10-11,13H2,1-3H3/t17-,20-/m0/s1. The zero-order valence-corrected chi connectivity index (χ0v) is 15.8. The minimum absolute atomic E-state index is 0.166. The molecule has 2 aliphatic rings. The van der Waals surface area contributed by atoms with Gasteiger partial charge in [0.15, 0.2) is 0 Å². The van der Waals surface area contributed by atoms with Crippen molar-refractivity contribution in [2.75, 3.05) is 26.7 Å². The Labute approximate surface area is 154 Å². The van der Waals surface area contributed by atoms with Crippen molar-refractivity contribution in [3.8, 4) is 0 Å². The highest BCUT2D eigenvalue weighted by atomic mass is 16.2. The first-order valence-corrected chi connectivity index (χ1v) is 9.40. The lowest BCUT2D eigenvalue weighted by molar-refractivity contribution is -0.136. The second-order valence-electron chi connectivity index (χ2n) is 8.08. The van der Waals surface area contributed by atoms with Gasteiger partial charge >= 0.3 is 0 Å². The van der Waals surface area contributed by atoms with Crippen molar-refractivity contribution in [1.29, 1.82) is 0 Å². The number of carbonyl (C=O) groups is 1. The summed E-state index contributed by atoms with van der Waals surface area (Å²) < 4.78 is 2.13. The number of hydrogen-bond donors (Lipinski definition) is 0. The molecule has 138 valence electrons. The van der Waals surface area contributed by atoms with Gasteiger partial charge in [0.1, 0.15) is 0 Å². The van der Waals surface area contributed by atoms with Crippen LogP contribution < -0.4 is 0 Å². The lowest BCUT2D eigenvalue weighted by Crippen LogP contribution is -2.39. The number of likely N-dealkylation sites (N-methyl/N-ethyl adjacent to an activating group) is 1. The molecule has 1 spiro atoms. The smallest absolute Gasteiger partial charge is 0.231 e. The molecule has 2 aliphatic heterocycles. The molecule has 6 nitrogen and oxygen atoms in total. The van der Waals surface area contributed by atoms with Crippen LogP contribution in [0, 0.1) is 5.41 Å². The first-order chi connectivity index (χ1) is 12.5. The van der Waals surface area contributed by atoms with E-state index in [0.717, 1.165) is 37.3 Å². The van der Waals surface area contributed by atoms with Crippen molar-refractivity contribution in [1.82, 2.24) is 24.3 Å². The fraction of sp³-hybridized carbons (Fsp3) is 0.550. The lowest BCUT2D eigenvalue weighted by Gasteiger charge is -2.28. The maximum atomic E-state index is 13.4. The fourth-order valence-electron chi connectivity index (χ4n) is 4.53. The predicted molar refractivity (Wildman–Crippen MR) is 99.6 cm³/mol. The molecule has 2 atom stereocenters. The van der Waals surface area contributed by atoms with Gasteiger partial charge in [0.05, 0.1) is 17.4 Å². The average Bonchev–Trinajstić information content (AvgIpc) is 3.30. The van der Waals surface area contributed by atoms with Crippen LogP contribution in [0.4, 0.5) is 0 Å². The summed E-state index contributed by atoms with van der Waals surface area (Å²) in [6.45, 7) is 7.46. The minimum Gasteiger partial charge on any atom is -0.338 e. The zero-order chi connectivity index (χ0) is 18.3. The van der Waals surface area contributed by atoms with E-state index in [0.29, 0.717) is 12.6 Å². The van der Waals surface area contributed by atoms with Crippen molar-refractivity contribution < 1.29 is 4.79 Å². The number of carbonyl (C=O) groups excluding carboxylic acids is 1. The molecule has 0 saturated carbocycles. The fourth-order valence-corrected chi connectivity index (χ4v) is 4.53. The monoisotopic (exact) mass is 353 g/mol. The van der Waals surface area contributed by atoms with Crippen LogP contribution in [0.2, 0.25) is 0 Å². The van der Waals surface area contributed by atoms with E-state index in [1.54, 1.807) is 6.20 Å². The topological polar surface area (TPSA) is 54.3 Å². The van der Waals surface area contributed by atoms with E-state index in [1.807, 2.05) is 29.6 Å². The van der Waals surface area contributed by atoms with Crippen LogP contribution in [-0.2, 0) is 11.3 Å². The maximum absolute atomic E-state index is 13.4. The van der Waals surface area contributed by atoms with Gasteiger partial charge in [0.25, 0.3) is 0 Å². The van der Waals surface area contributed by atoms with E-state index in [1.165, 1.54) is 0 Å². The molecule has 4 heterocycles. The second kappa shape index (κ2) is 6.50. The van der Waals surface area contributed by atoms with Gasteiger partial charge < -0.3 is 14.4 Å². The normalized spacial score (nSPS) is 26.5. The third-order valence-corrected chi connectivity index (χ3v) is 5.93. The summed E-state index contributed by atoms with van der Waals surface area (Å²) in [5.74, 6) is 0.439. The Morgan fingerprint density at radius 2 is 2.23 bits per heavy atom. The van der Waals surface area contributed by atoms with Crippen molar-refractivity contribution in [2.45, 2.75) is 38.8 Å². The molecule has 2 saturated heterocycles. The summed E-state index contributed by atoms with van der Waals surface area (Å²) in [4.78, 5) is 26.6. The highest BCUT2D eigenvalue weighted by Crippen LogP contribution is 2.49. The van der Waals surface area contributed by atoms with Crippen LogP contribution in [0.15, 0.2) is 37.1 Å². The first kappa shape index (κ1) is 17.2. The first-order valence-electron chi connectivity index (χ1n) is 9.40. The van der Waals surface area contributed by atoms with Gasteiger partial charge in [-0.15, -0.1) is 0 Å². The molecular weight excluding hydrogens is 326 g/mol. The molecule has 2 fully saturated rings. The van der Waals surface area contributed by atoms with Crippen LogP contribution in [0.1, 0.15) is 43.5 Å². The van der Waals surface area contributed by atoms with Gasteiger partial charge in [-0.25, -0.2) is 4.98 Å². The number of aromatic nitrogens is 3. The Bertz CT molecular complexity index is 787. The molecule has 0 aromatic carbocycles. The van der Waals surface area contributed by atoms with E-state index in [2.05, 4.69) is 46.5 Å². The van der Waals surface area contributed by atoms with E-state index >= 15 is 0 Å². The Balaban J connectivity index is 1.60. The Kier molecular flexibility index (Phi) is 4.31. The molecule has 2 aromatic heterocycles. The Hall–Kier alpha value is -2.21. The summed E-state index contributed by atoms with van der Waals surface area (Å²) >= 11 is 0. The quantitative estimate of drug-likeness (QED) is 0.846. The van der Waals surface area contributed by atoms with E-state index < -0.39 is 0 Å². The number of likely N-dealkylation sites (tertiary alicyclic amines) is 2. The summed E-state index contributed by atoms with van der Waals surface area (Å²) in [6.07, 6.45) is 8.55. The van der Waals surface area contributed by atoms with Gasteiger partial charge in [-0.1, -0.05) is 6.07 Å². The molecule has 0 aliphatic carbocycles. The van der Waals surface area contributed by atoms with Crippen LogP contribution in [0.25, 0.3) is 0 Å². The molecular formula is C20H27N5O. The predicted octanol–water partition coefficient (Wildman–Crippen LogP) is 2.31. The largest absolute Gasteiger partial charge is 0.338 e. The van der Waals surface area contributed by atoms with E-state index in [-0.39, 0.29) is 17.2 Å². The Morgan fingerprint density at radius 3 is 2.92 bits per heavy atom. The van der Waals surface area contributed by atoms with E-state index in [9.17, 15) is 4.79 Å². The molecule has 2 aromatic rings. The molecule has 6 heteroatoms. The Morgan fingerprint density at radius 1 is 1.38 bits per heavy atom. The van der Waals surface area contributed by atoms with Crippen molar-refractivity contribution >= 4 is 5.91 Å². The number of imidazole rings is 1. The number of pyridine rings is 1. The second-order valence-corrected chi connectivity index (χ2v) is 8.08. The molecule has 1 amide bonds. The van der Waals surface area contributed by atoms with Crippen LogP contribution in [0.3, 0.4) is 0 Å². The van der Waals surface area contributed by atoms with E-state index in [4.69, 9.17) is 0 Å². The highest BCUT2D eigenvalue weighted by Gasteiger charge is 2.57. The number of nitrogens with zero attached hydrogens (tertiary/aromatic N) is 5. The van der Waals surface area contributed by atoms with Crippen LogP contribution >= 0.6 is 0 Å². The van der Waals surface area contributed by atoms with Gasteiger partial charge in [0.2, 0.25) is 5.91 Å². The summed E-state index contributed by atoms with van der Waals surface area (Å²) in [6, 6.07) is 4.34. The van der Waals surface area contributed by atoms with Gasteiger partial charge in [-0.05, 0) is 38.9 Å². The zero-order valence-electron chi connectivity index (χ0n) is 15.8. The van der Waals surface area contributed by atoms with Crippen molar-refractivity contribution in [2.24, 2.45) is 5.41 Å². The summed E-state index contributed by atoms with van der Waals surface area (Å²) in [7, 11) is 2.11. The molecule has 4 rings (SSSR count). The number of amides is 1. The molecule has 0 bridgehead atoms. The third-order valence-electron chi connectivity index (χ3n) is 5.93.